The first-order valence-corrected chi connectivity index (χ1v) is 6.05. The first-order chi connectivity index (χ1) is 9.40. The van der Waals surface area contributed by atoms with Gasteiger partial charge in [0.25, 0.3) is 0 Å². The van der Waals surface area contributed by atoms with Crippen molar-refractivity contribution in [2.45, 2.75) is 0 Å². The summed E-state index contributed by atoms with van der Waals surface area (Å²) in [7, 11) is 0. The van der Waals surface area contributed by atoms with Gasteiger partial charge >= 0.3 is 5.97 Å². The van der Waals surface area contributed by atoms with E-state index in [-0.39, 0.29) is 27.1 Å². The Kier molecular flexibility index (Phi) is 3.96. The Morgan fingerprint density at radius 3 is 2.50 bits per heavy atom. The highest BCUT2D eigenvalue weighted by Crippen LogP contribution is 2.30. The summed E-state index contributed by atoms with van der Waals surface area (Å²) >= 11 is 11.3. The number of carboxylic acids is 1. The highest BCUT2D eigenvalue weighted by atomic mass is 35.5. The molecule has 2 aromatic rings. The number of pyridine rings is 1. The van der Waals surface area contributed by atoms with E-state index in [1.165, 1.54) is 24.4 Å². The summed E-state index contributed by atoms with van der Waals surface area (Å²) in [6.45, 7) is 0. The summed E-state index contributed by atoms with van der Waals surface area (Å²) in [6, 6.07) is 3.85. The van der Waals surface area contributed by atoms with E-state index in [1.54, 1.807) is 0 Å². The maximum atomic E-state index is 13.3. The van der Waals surface area contributed by atoms with Crippen LogP contribution in [0.3, 0.4) is 0 Å². The molecule has 2 rings (SSSR count). The van der Waals surface area contributed by atoms with Crippen LogP contribution in [-0.2, 0) is 0 Å². The number of aromatic nitrogens is 1. The van der Waals surface area contributed by atoms with Crippen LogP contribution >= 0.6 is 23.2 Å². The predicted octanol–water partition coefficient (Wildman–Crippen LogP) is 3.55. The molecule has 20 heavy (non-hydrogen) atoms. The monoisotopic (exact) mass is 315 g/mol. The molecule has 0 bridgehead atoms. The topological polar surface area (TPSA) is 88.2 Å². The van der Waals surface area contributed by atoms with Crippen molar-refractivity contribution in [1.82, 2.24) is 4.98 Å². The number of nitrogens with zero attached hydrogens (tertiary/aromatic N) is 1. The molecule has 0 fully saturated rings. The first kappa shape index (κ1) is 14.4. The number of carboxylic acid groups (broad SMARTS) is 1. The Balaban J connectivity index is 2.40. The van der Waals surface area contributed by atoms with Crippen molar-refractivity contribution in [2.24, 2.45) is 0 Å². The molecule has 0 aliphatic heterocycles. The average Bonchev–Trinajstić information content (AvgIpc) is 2.38. The highest BCUT2D eigenvalue weighted by Gasteiger charge is 2.14. The van der Waals surface area contributed by atoms with E-state index in [1.807, 2.05) is 0 Å². The van der Waals surface area contributed by atoms with Crippen molar-refractivity contribution in [3.8, 4) is 0 Å². The van der Waals surface area contributed by atoms with Crippen LogP contribution in [0.1, 0.15) is 10.4 Å². The van der Waals surface area contributed by atoms with Crippen LogP contribution in [0.2, 0.25) is 10.0 Å². The van der Waals surface area contributed by atoms with Crippen LogP contribution < -0.4 is 11.1 Å². The largest absolute Gasteiger partial charge is 0.478 e. The smallest absolute Gasteiger partial charge is 0.337 e. The zero-order valence-corrected chi connectivity index (χ0v) is 11.3. The lowest BCUT2D eigenvalue weighted by Crippen LogP contribution is -2.07. The lowest BCUT2D eigenvalue weighted by Gasteiger charge is -2.11. The number of nitrogens with two attached hydrogens (primary N) is 1. The van der Waals surface area contributed by atoms with Crippen molar-refractivity contribution in [3.63, 3.8) is 0 Å². The molecule has 104 valence electrons. The molecule has 0 aliphatic rings. The number of nitrogens with one attached hydrogen (secondary N) is 1. The normalized spacial score (nSPS) is 10.3. The molecule has 0 atom stereocenters. The molecule has 0 saturated heterocycles. The van der Waals surface area contributed by atoms with Gasteiger partial charge in [-0.25, -0.2) is 14.2 Å². The minimum atomic E-state index is -1.18. The zero-order chi connectivity index (χ0) is 14.9. The van der Waals surface area contributed by atoms with Crippen molar-refractivity contribution >= 4 is 46.4 Å². The Morgan fingerprint density at radius 1 is 1.35 bits per heavy atom. The number of halogens is 3. The number of aromatic carboxylic acids is 1. The SMILES string of the molecule is Nc1c(C(=O)O)ccnc1Nc1cc(Cl)c(F)c(Cl)c1. The summed E-state index contributed by atoms with van der Waals surface area (Å²) in [4.78, 5) is 14.9. The van der Waals surface area contributed by atoms with E-state index in [0.29, 0.717) is 5.69 Å². The molecular formula is C12H8Cl2FN3O2. The molecule has 0 aliphatic carbocycles. The van der Waals surface area contributed by atoms with Crippen LogP contribution in [0.4, 0.5) is 21.6 Å². The minimum absolute atomic E-state index is 0.0448. The van der Waals surface area contributed by atoms with Gasteiger partial charge in [-0.15, -0.1) is 0 Å². The number of hydrogen-bond donors (Lipinski definition) is 3. The van der Waals surface area contributed by atoms with Gasteiger partial charge in [0.15, 0.2) is 11.6 Å². The van der Waals surface area contributed by atoms with Crippen molar-refractivity contribution < 1.29 is 14.3 Å². The Labute approximate surface area is 123 Å². The van der Waals surface area contributed by atoms with Gasteiger partial charge < -0.3 is 16.2 Å². The molecule has 0 saturated carbocycles. The van der Waals surface area contributed by atoms with E-state index < -0.39 is 11.8 Å². The van der Waals surface area contributed by atoms with Crippen LogP contribution in [-0.4, -0.2) is 16.1 Å². The predicted molar refractivity (Wildman–Crippen MR) is 75.3 cm³/mol. The van der Waals surface area contributed by atoms with Gasteiger partial charge in [-0.05, 0) is 18.2 Å². The summed E-state index contributed by atoms with van der Waals surface area (Å²) in [5.41, 5.74) is 5.89. The molecule has 1 aromatic carbocycles. The summed E-state index contributed by atoms with van der Waals surface area (Å²) in [5, 5.41) is 11.3. The van der Waals surface area contributed by atoms with Gasteiger partial charge in [-0.1, -0.05) is 23.2 Å². The molecule has 0 spiro atoms. The van der Waals surface area contributed by atoms with E-state index in [2.05, 4.69) is 10.3 Å². The van der Waals surface area contributed by atoms with Crippen molar-refractivity contribution in [2.75, 3.05) is 11.1 Å². The number of benzene rings is 1. The van der Waals surface area contributed by atoms with Crippen LogP contribution in [0.25, 0.3) is 0 Å². The maximum Gasteiger partial charge on any atom is 0.337 e. The molecule has 1 heterocycles. The summed E-state index contributed by atoms with van der Waals surface area (Å²) < 4.78 is 13.3. The number of nitrogen functional groups attached to an aromatic ring is 1. The Hall–Kier alpha value is -2.05. The molecule has 0 amide bonds. The zero-order valence-electron chi connectivity index (χ0n) is 9.82. The number of carbonyl (C=O) groups is 1. The Bertz CT molecular complexity index is 671. The lowest BCUT2D eigenvalue weighted by molar-refractivity contribution is 0.0698. The van der Waals surface area contributed by atoms with Crippen molar-refractivity contribution in [1.29, 1.82) is 0 Å². The fraction of sp³-hybridized carbons (Fsp3) is 0. The van der Waals surface area contributed by atoms with E-state index in [0.717, 1.165) is 0 Å². The molecule has 0 radical (unpaired) electrons. The standard InChI is InChI=1S/C12H8Cl2FN3O2/c13-7-3-5(4-8(14)9(7)15)18-11-10(16)6(12(19)20)1-2-17-11/h1-4H,16H2,(H,17,18)(H,19,20). The van der Waals surface area contributed by atoms with Gasteiger partial charge in [0, 0.05) is 11.9 Å². The lowest BCUT2D eigenvalue weighted by atomic mass is 10.2. The number of rotatable bonds is 3. The van der Waals surface area contributed by atoms with Gasteiger partial charge in [-0.3, -0.25) is 0 Å². The quantitative estimate of drug-likeness (QED) is 0.754. The van der Waals surface area contributed by atoms with Crippen LogP contribution in [0, 0.1) is 5.82 Å². The van der Waals surface area contributed by atoms with E-state index >= 15 is 0 Å². The molecular weight excluding hydrogens is 308 g/mol. The molecule has 4 N–H and O–H groups in total. The summed E-state index contributed by atoms with van der Waals surface area (Å²) in [6.07, 6.45) is 1.29. The van der Waals surface area contributed by atoms with Gasteiger partial charge in [0.1, 0.15) is 0 Å². The molecule has 5 nitrogen and oxygen atoms in total. The van der Waals surface area contributed by atoms with Crippen LogP contribution in [0.15, 0.2) is 24.4 Å². The van der Waals surface area contributed by atoms with Crippen molar-refractivity contribution in [3.05, 3.63) is 45.8 Å². The second kappa shape index (κ2) is 5.52. The van der Waals surface area contributed by atoms with Crippen LogP contribution in [0.5, 0.6) is 0 Å². The molecule has 0 unspecified atom stereocenters. The molecule has 1 aromatic heterocycles. The van der Waals surface area contributed by atoms with E-state index in [4.69, 9.17) is 34.0 Å². The fourth-order valence-corrected chi connectivity index (χ4v) is 2.01. The average molecular weight is 316 g/mol. The second-order valence-corrected chi connectivity index (χ2v) is 4.62. The second-order valence-electron chi connectivity index (χ2n) is 3.80. The van der Waals surface area contributed by atoms with Gasteiger partial charge in [-0.2, -0.15) is 0 Å². The minimum Gasteiger partial charge on any atom is -0.478 e. The third kappa shape index (κ3) is 2.76. The van der Waals surface area contributed by atoms with Gasteiger partial charge in [0.2, 0.25) is 0 Å². The van der Waals surface area contributed by atoms with Gasteiger partial charge in [0.05, 0.1) is 21.3 Å². The first-order valence-electron chi connectivity index (χ1n) is 5.29. The number of hydrogen-bond acceptors (Lipinski definition) is 4. The third-order valence-electron chi connectivity index (χ3n) is 2.47. The molecule has 8 heteroatoms. The number of anilines is 3. The van der Waals surface area contributed by atoms with E-state index in [9.17, 15) is 9.18 Å². The fourth-order valence-electron chi connectivity index (χ4n) is 1.52. The maximum absolute atomic E-state index is 13.3. The third-order valence-corrected chi connectivity index (χ3v) is 3.02. The summed E-state index contributed by atoms with van der Waals surface area (Å²) in [5.74, 6) is -1.80. The Morgan fingerprint density at radius 2 is 1.95 bits per heavy atom. The highest BCUT2D eigenvalue weighted by molar-refractivity contribution is 6.35.